The Morgan fingerprint density at radius 2 is 1.68 bits per heavy atom. The summed E-state index contributed by atoms with van der Waals surface area (Å²) in [5.74, 6) is 1.82. The number of rotatable bonds is 8. The first-order valence-corrected chi connectivity index (χ1v) is 12.0. The van der Waals surface area contributed by atoms with Gasteiger partial charge in [-0.05, 0) is 30.3 Å². The molecule has 3 aromatic carbocycles. The summed E-state index contributed by atoms with van der Waals surface area (Å²) in [6.07, 6.45) is 7.01. The minimum absolute atomic E-state index is 0.0303. The SMILES string of the molecule is C#CCNS(=O)(=O)c1cccc(C(=O)NCc2cn(-c3ccccc3)nc2-c2ccccc2)c1. The Balaban J connectivity index is 1.58. The minimum atomic E-state index is -3.80. The smallest absolute Gasteiger partial charge is 0.251 e. The monoisotopic (exact) mass is 470 g/mol. The number of terminal acetylenes is 1. The molecule has 7 nitrogen and oxygen atoms in total. The van der Waals surface area contributed by atoms with Gasteiger partial charge in [-0.1, -0.05) is 60.5 Å². The van der Waals surface area contributed by atoms with E-state index in [2.05, 4.69) is 16.0 Å². The van der Waals surface area contributed by atoms with E-state index >= 15 is 0 Å². The van der Waals surface area contributed by atoms with Crippen molar-refractivity contribution in [2.24, 2.45) is 0 Å². The zero-order valence-corrected chi connectivity index (χ0v) is 19.0. The predicted molar refractivity (Wildman–Crippen MR) is 131 cm³/mol. The maximum atomic E-state index is 12.8. The van der Waals surface area contributed by atoms with Gasteiger partial charge in [-0.15, -0.1) is 6.42 Å². The van der Waals surface area contributed by atoms with E-state index in [1.54, 1.807) is 10.7 Å². The van der Waals surface area contributed by atoms with Crippen molar-refractivity contribution >= 4 is 15.9 Å². The second-order valence-corrected chi connectivity index (χ2v) is 9.16. The predicted octanol–water partition coefficient (Wildman–Crippen LogP) is 3.38. The van der Waals surface area contributed by atoms with Crippen molar-refractivity contribution in [2.45, 2.75) is 11.4 Å². The van der Waals surface area contributed by atoms with Gasteiger partial charge in [0.25, 0.3) is 5.91 Å². The molecule has 34 heavy (non-hydrogen) atoms. The van der Waals surface area contributed by atoms with E-state index in [1.807, 2.05) is 66.9 Å². The van der Waals surface area contributed by atoms with Gasteiger partial charge in [0.1, 0.15) is 0 Å². The summed E-state index contributed by atoms with van der Waals surface area (Å²) in [4.78, 5) is 12.8. The summed E-state index contributed by atoms with van der Waals surface area (Å²) in [6.45, 7) is 0.0780. The number of benzene rings is 3. The summed E-state index contributed by atoms with van der Waals surface area (Å²) in [6, 6.07) is 25.2. The fraction of sp³-hybridized carbons (Fsp3) is 0.0769. The van der Waals surface area contributed by atoms with Gasteiger partial charge in [0.2, 0.25) is 10.0 Å². The Bertz CT molecular complexity index is 1440. The molecule has 0 aliphatic carbocycles. The lowest BCUT2D eigenvalue weighted by atomic mass is 10.1. The van der Waals surface area contributed by atoms with Crippen LogP contribution in [0.2, 0.25) is 0 Å². The molecule has 0 unspecified atom stereocenters. The van der Waals surface area contributed by atoms with Crippen molar-refractivity contribution in [1.29, 1.82) is 0 Å². The Morgan fingerprint density at radius 1 is 0.971 bits per heavy atom. The van der Waals surface area contributed by atoms with E-state index in [0.717, 1.165) is 22.5 Å². The molecule has 0 bridgehead atoms. The van der Waals surface area contributed by atoms with E-state index in [0.29, 0.717) is 0 Å². The number of hydrogen-bond donors (Lipinski definition) is 2. The molecule has 0 saturated heterocycles. The number of aromatic nitrogens is 2. The average molecular weight is 471 g/mol. The van der Waals surface area contributed by atoms with Gasteiger partial charge in [0.05, 0.1) is 22.8 Å². The van der Waals surface area contributed by atoms with E-state index < -0.39 is 15.9 Å². The molecule has 0 saturated carbocycles. The Hall–Kier alpha value is -4.19. The van der Waals surface area contributed by atoms with Crippen LogP contribution in [0, 0.1) is 12.3 Å². The number of hydrogen-bond acceptors (Lipinski definition) is 4. The standard InChI is InChI=1S/C26H22N4O3S/c1-2-16-28-34(32,33)24-15-9-12-21(17-24)26(31)27-18-22-19-30(23-13-7-4-8-14-23)29-25(22)20-10-5-3-6-11-20/h1,3-15,17,19,28H,16,18H2,(H,27,31). The second kappa shape index (κ2) is 10.2. The summed E-state index contributed by atoms with van der Waals surface area (Å²) < 4.78 is 28.7. The van der Waals surface area contributed by atoms with Crippen LogP contribution in [0.4, 0.5) is 0 Å². The highest BCUT2D eigenvalue weighted by atomic mass is 32.2. The van der Waals surface area contributed by atoms with Crippen LogP contribution in [0.1, 0.15) is 15.9 Å². The molecule has 1 aromatic heterocycles. The number of para-hydroxylation sites is 1. The molecule has 1 amide bonds. The zero-order chi connectivity index (χ0) is 24.0. The maximum Gasteiger partial charge on any atom is 0.251 e. The van der Waals surface area contributed by atoms with E-state index in [4.69, 9.17) is 11.5 Å². The third kappa shape index (κ3) is 5.23. The highest BCUT2D eigenvalue weighted by Gasteiger charge is 2.17. The van der Waals surface area contributed by atoms with E-state index in [1.165, 1.54) is 18.2 Å². The third-order valence-corrected chi connectivity index (χ3v) is 6.47. The van der Waals surface area contributed by atoms with Crippen molar-refractivity contribution in [3.8, 4) is 29.3 Å². The Morgan fingerprint density at radius 3 is 2.38 bits per heavy atom. The first-order valence-electron chi connectivity index (χ1n) is 10.5. The average Bonchev–Trinajstić information content (AvgIpc) is 3.31. The van der Waals surface area contributed by atoms with Crippen LogP contribution in [0.15, 0.2) is 96.0 Å². The Kier molecular flexibility index (Phi) is 6.87. The minimum Gasteiger partial charge on any atom is -0.348 e. The molecule has 0 fully saturated rings. The van der Waals surface area contributed by atoms with Crippen molar-refractivity contribution in [2.75, 3.05) is 6.54 Å². The summed E-state index contributed by atoms with van der Waals surface area (Å²) >= 11 is 0. The van der Waals surface area contributed by atoms with E-state index in [9.17, 15) is 13.2 Å². The lowest BCUT2D eigenvalue weighted by Crippen LogP contribution is -2.26. The van der Waals surface area contributed by atoms with Crippen molar-refractivity contribution in [3.63, 3.8) is 0 Å². The molecule has 0 spiro atoms. The molecule has 0 atom stereocenters. The van der Waals surface area contributed by atoms with Gasteiger partial charge in [0, 0.05) is 29.4 Å². The van der Waals surface area contributed by atoms with Gasteiger partial charge < -0.3 is 5.32 Å². The molecule has 0 aliphatic rings. The fourth-order valence-corrected chi connectivity index (χ4v) is 4.37. The van der Waals surface area contributed by atoms with Crippen LogP contribution in [-0.2, 0) is 16.6 Å². The number of nitrogens with zero attached hydrogens (tertiary/aromatic N) is 2. The quantitative estimate of drug-likeness (QED) is 0.386. The second-order valence-electron chi connectivity index (χ2n) is 7.39. The van der Waals surface area contributed by atoms with Gasteiger partial charge in [0.15, 0.2) is 0 Å². The molecule has 2 N–H and O–H groups in total. The lowest BCUT2D eigenvalue weighted by Gasteiger charge is -2.08. The lowest BCUT2D eigenvalue weighted by molar-refractivity contribution is 0.0950. The highest BCUT2D eigenvalue weighted by Crippen LogP contribution is 2.23. The first kappa shape index (κ1) is 23.0. The number of nitrogens with one attached hydrogen (secondary N) is 2. The number of carbonyl (C=O) groups excluding carboxylic acids is 1. The largest absolute Gasteiger partial charge is 0.348 e. The Labute approximate surface area is 198 Å². The molecule has 4 aromatic rings. The maximum absolute atomic E-state index is 12.8. The molecule has 0 aliphatic heterocycles. The van der Waals surface area contributed by atoms with Crippen LogP contribution < -0.4 is 10.0 Å². The molecule has 4 rings (SSSR count). The number of sulfonamides is 1. The molecule has 170 valence electrons. The van der Waals surface area contributed by atoms with Gasteiger partial charge >= 0.3 is 0 Å². The summed E-state index contributed by atoms with van der Waals surface area (Å²) in [5.41, 5.74) is 3.62. The van der Waals surface area contributed by atoms with Crippen molar-refractivity contribution in [1.82, 2.24) is 19.8 Å². The number of amides is 1. The van der Waals surface area contributed by atoms with Crippen LogP contribution in [0.5, 0.6) is 0 Å². The summed E-state index contributed by atoms with van der Waals surface area (Å²) in [5, 5.41) is 7.61. The number of carbonyl (C=O) groups is 1. The topological polar surface area (TPSA) is 93.1 Å². The van der Waals surface area contributed by atoms with Crippen molar-refractivity contribution in [3.05, 3.63) is 102 Å². The fourth-order valence-electron chi connectivity index (χ4n) is 3.39. The molecule has 8 heteroatoms. The molecule has 0 radical (unpaired) electrons. The summed E-state index contributed by atoms with van der Waals surface area (Å²) in [7, 11) is -3.80. The third-order valence-electron chi connectivity index (χ3n) is 5.07. The molecular formula is C26H22N4O3S. The van der Waals surface area contributed by atoms with Crippen LogP contribution >= 0.6 is 0 Å². The van der Waals surface area contributed by atoms with Gasteiger partial charge in [-0.2, -0.15) is 9.82 Å². The van der Waals surface area contributed by atoms with Crippen molar-refractivity contribution < 1.29 is 13.2 Å². The van der Waals surface area contributed by atoms with Gasteiger partial charge in [-0.25, -0.2) is 13.1 Å². The normalized spacial score (nSPS) is 11.0. The van der Waals surface area contributed by atoms with E-state index in [-0.39, 0.29) is 23.5 Å². The zero-order valence-electron chi connectivity index (χ0n) is 18.2. The first-order chi connectivity index (χ1) is 16.5. The highest BCUT2D eigenvalue weighted by molar-refractivity contribution is 7.89. The van der Waals surface area contributed by atoms with Crippen LogP contribution in [0.25, 0.3) is 16.9 Å². The van der Waals surface area contributed by atoms with Crippen LogP contribution in [-0.4, -0.2) is 30.7 Å². The van der Waals surface area contributed by atoms with Crippen LogP contribution in [0.3, 0.4) is 0 Å². The van der Waals surface area contributed by atoms with Gasteiger partial charge in [-0.3, -0.25) is 4.79 Å². The molecular weight excluding hydrogens is 448 g/mol. The molecule has 1 heterocycles.